The Kier molecular flexibility index (Phi) is 3.93. The average molecular weight is 238 g/mol. The first-order chi connectivity index (χ1) is 8.66. The van der Waals surface area contributed by atoms with Gasteiger partial charge in [0.15, 0.2) is 0 Å². The molecule has 0 heterocycles. The van der Waals surface area contributed by atoms with Gasteiger partial charge in [0.2, 0.25) is 0 Å². The van der Waals surface area contributed by atoms with Gasteiger partial charge in [0.1, 0.15) is 5.78 Å². The van der Waals surface area contributed by atoms with Crippen molar-refractivity contribution in [3.05, 3.63) is 71.3 Å². The van der Waals surface area contributed by atoms with E-state index in [4.69, 9.17) is 0 Å². The van der Waals surface area contributed by atoms with E-state index >= 15 is 0 Å². The van der Waals surface area contributed by atoms with Gasteiger partial charge >= 0.3 is 0 Å². The van der Waals surface area contributed by atoms with Crippen LogP contribution in [-0.2, 0) is 11.2 Å². The summed E-state index contributed by atoms with van der Waals surface area (Å²) in [6.45, 7) is 3.73. The Bertz CT molecular complexity index is 511. The number of carbonyl (C=O) groups excluding carboxylic acids is 1. The van der Waals surface area contributed by atoms with E-state index in [0.717, 1.165) is 12.0 Å². The number of aryl methyl sites for hydroxylation is 1. The molecular formula is C17H18O. The zero-order valence-electron chi connectivity index (χ0n) is 10.9. The molecular weight excluding hydrogens is 220 g/mol. The summed E-state index contributed by atoms with van der Waals surface area (Å²) in [5.74, 6) is 0.190. The van der Waals surface area contributed by atoms with E-state index in [-0.39, 0.29) is 11.7 Å². The fourth-order valence-electron chi connectivity index (χ4n) is 2.14. The highest BCUT2D eigenvalue weighted by atomic mass is 16.1. The lowest BCUT2D eigenvalue weighted by molar-refractivity contribution is -0.118. The number of rotatable bonds is 4. The third kappa shape index (κ3) is 3.07. The third-order valence-corrected chi connectivity index (χ3v) is 3.25. The molecule has 0 saturated heterocycles. The molecule has 0 N–H and O–H groups in total. The van der Waals surface area contributed by atoms with Crippen molar-refractivity contribution in [1.82, 2.24) is 0 Å². The maximum Gasteiger partial charge on any atom is 0.137 e. The molecule has 1 unspecified atom stereocenters. The Morgan fingerprint density at radius 3 is 2.17 bits per heavy atom. The molecule has 0 aliphatic heterocycles. The Balaban J connectivity index is 2.24. The molecule has 0 bridgehead atoms. The van der Waals surface area contributed by atoms with Crippen LogP contribution in [0.15, 0.2) is 54.6 Å². The van der Waals surface area contributed by atoms with Gasteiger partial charge < -0.3 is 0 Å². The maximum atomic E-state index is 11.8. The first kappa shape index (κ1) is 12.6. The summed E-state index contributed by atoms with van der Waals surface area (Å²) in [5, 5.41) is 0. The van der Waals surface area contributed by atoms with Crippen LogP contribution in [0.2, 0.25) is 0 Å². The largest absolute Gasteiger partial charge is 0.299 e. The molecule has 1 heteroatoms. The fraction of sp³-hybridized carbons (Fsp3) is 0.235. The van der Waals surface area contributed by atoms with Gasteiger partial charge in [-0.1, -0.05) is 60.2 Å². The molecule has 2 aromatic rings. The molecule has 0 saturated carbocycles. The van der Waals surface area contributed by atoms with Gasteiger partial charge in [0.25, 0.3) is 0 Å². The second kappa shape index (κ2) is 5.63. The van der Waals surface area contributed by atoms with Crippen molar-refractivity contribution in [3.8, 4) is 0 Å². The summed E-state index contributed by atoms with van der Waals surface area (Å²) >= 11 is 0. The van der Waals surface area contributed by atoms with E-state index in [2.05, 4.69) is 43.3 Å². The minimum Gasteiger partial charge on any atom is -0.299 e. The molecule has 0 spiro atoms. The Hall–Kier alpha value is -1.89. The lowest BCUT2D eigenvalue weighted by Gasteiger charge is -2.14. The highest BCUT2D eigenvalue weighted by Gasteiger charge is 2.16. The monoisotopic (exact) mass is 238 g/mol. The second-order valence-corrected chi connectivity index (χ2v) is 4.76. The molecule has 1 atom stereocenters. The van der Waals surface area contributed by atoms with Gasteiger partial charge in [-0.05, 0) is 31.4 Å². The van der Waals surface area contributed by atoms with Gasteiger partial charge in [-0.25, -0.2) is 0 Å². The molecule has 18 heavy (non-hydrogen) atoms. The van der Waals surface area contributed by atoms with Crippen LogP contribution >= 0.6 is 0 Å². The normalized spacial score (nSPS) is 12.1. The van der Waals surface area contributed by atoms with E-state index in [1.807, 2.05) is 18.2 Å². The van der Waals surface area contributed by atoms with Crippen molar-refractivity contribution >= 4 is 5.78 Å². The van der Waals surface area contributed by atoms with Gasteiger partial charge in [-0.15, -0.1) is 0 Å². The summed E-state index contributed by atoms with van der Waals surface area (Å²) in [6, 6.07) is 18.4. The summed E-state index contributed by atoms with van der Waals surface area (Å²) in [7, 11) is 0. The number of hydrogen-bond donors (Lipinski definition) is 0. The minimum absolute atomic E-state index is 0.0343. The average Bonchev–Trinajstić information content (AvgIpc) is 2.38. The van der Waals surface area contributed by atoms with Crippen LogP contribution in [0, 0.1) is 6.92 Å². The summed E-state index contributed by atoms with van der Waals surface area (Å²) < 4.78 is 0. The lowest BCUT2D eigenvalue weighted by atomic mass is 9.89. The summed E-state index contributed by atoms with van der Waals surface area (Å²) in [6.07, 6.45) is 0.777. The molecule has 0 amide bonds. The molecule has 0 fully saturated rings. The van der Waals surface area contributed by atoms with Crippen molar-refractivity contribution in [2.24, 2.45) is 0 Å². The molecule has 0 aliphatic rings. The van der Waals surface area contributed by atoms with Crippen molar-refractivity contribution in [2.45, 2.75) is 26.2 Å². The number of Topliss-reactive ketones (excluding diaryl/α,β-unsaturated/α-hetero) is 1. The van der Waals surface area contributed by atoms with Crippen molar-refractivity contribution in [3.63, 3.8) is 0 Å². The quantitative estimate of drug-likeness (QED) is 0.789. The minimum atomic E-state index is -0.0343. The van der Waals surface area contributed by atoms with Gasteiger partial charge in [0.05, 0.1) is 0 Å². The predicted octanol–water partition coefficient (Wildman–Crippen LogP) is 3.91. The maximum absolute atomic E-state index is 11.8. The second-order valence-electron chi connectivity index (χ2n) is 4.76. The molecule has 2 rings (SSSR count). The summed E-state index contributed by atoms with van der Waals surface area (Å²) in [5.41, 5.74) is 3.54. The van der Waals surface area contributed by atoms with Crippen LogP contribution in [0.25, 0.3) is 0 Å². The molecule has 0 aromatic heterocycles. The van der Waals surface area contributed by atoms with Crippen molar-refractivity contribution < 1.29 is 4.79 Å². The SMILES string of the molecule is CC(=O)C(Cc1ccccc1)c1ccc(C)cc1. The summed E-state index contributed by atoms with van der Waals surface area (Å²) in [4.78, 5) is 11.8. The molecule has 92 valence electrons. The van der Waals surface area contributed by atoms with Crippen molar-refractivity contribution in [1.29, 1.82) is 0 Å². The first-order valence-electron chi connectivity index (χ1n) is 6.28. The topological polar surface area (TPSA) is 17.1 Å². The third-order valence-electron chi connectivity index (χ3n) is 3.25. The highest BCUT2D eigenvalue weighted by molar-refractivity contribution is 5.83. The number of hydrogen-bond acceptors (Lipinski definition) is 1. The Morgan fingerprint density at radius 1 is 1.00 bits per heavy atom. The smallest absolute Gasteiger partial charge is 0.137 e. The van der Waals surface area contributed by atoms with E-state index in [0.29, 0.717) is 0 Å². The Labute approximate surface area is 108 Å². The predicted molar refractivity (Wildman–Crippen MR) is 74.7 cm³/mol. The van der Waals surface area contributed by atoms with E-state index in [1.165, 1.54) is 11.1 Å². The van der Waals surface area contributed by atoms with Crippen LogP contribution in [0.3, 0.4) is 0 Å². The van der Waals surface area contributed by atoms with Crippen LogP contribution in [0.4, 0.5) is 0 Å². The standard InChI is InChI=1S/C17H18O/c1-13-8-10-16(11-9-13)17(14(2)18)12-15-6-4-3-5-7-15/h3-11,17H,12H2,1-2H3. The number of carbonyl (C=O) groups is 1. The Morgan fingerprint density at radius 2 is 1.61 bits per heavy atom. The van der Waals surface area contributed by atoms with Gasteiger partial charge in [-0.3, -0.25) is 4.79 Å². The van der Waals surface area contributed by atoms with Crippen LogP contribution in [-0.4, -0.2) is 5.78 Å². The highest BCUT2D eigenvalue weighted by Crippen LogP contribution is 2.22. The lowest BCUT2D eigenvalue weighted by Crippen LogP contribution is -2.12. The zero-order valence-corrected chi connectivity index (χ0v) is 10.9. The first-order valence-corrected chi connectivity index (χ1v) is 6.28. The van der Waals surface area contributed by atoms with Gasteiger partial charge in [0, 0.05) is 5.92 Å². The number of benzene rings is 2. The van der Waals surface area contributed by atoms with E-state index < -0.39 is 0 Å². The van der Waals surface area contributed by atoms with Gasteiger partial charge in [-0.2, -0.15) is 0 Å². The van der Waals surface area contributed by atoms with Crippen LogP contribution in [0.1, 0.15) is 29.5 Å². The zero-order chi connectivity index (χ0) is 13.0. The molecule has 1 nitrogen and oxygen atoms in total. The van der Waals surface area contributed by atoms with Crippen LogP contribution < -0.4 is 0 Å². The number of ketones is 1. The van der Waals surface area contributed by atoms with E-state index in [9.17, 15) is 4.79 Å². The van der Waals surface area contributed by atoms with Crippen molar-refractivity contribution in [2.75, 3.05) is 0 Å². The fourth-order valence-corrected chi connectivity index (χ4v) is 2.14. The molecule has 0 aliphatic carbocycles. The van der Waals surface area contributed by atoms with Crippen LogP contribution in [0.5, 0.6) is 0 Å². The molecule has 0 radical (unpaired) electrons. The van der Waals surface area contributed by atoms with E-state index in [1.54, 1.807) is 6.92 Å². The molecule has 2 aromatic carbocycles.